The lowest BCUT2D eigenvalue weighted by Crippen LogP contribution is -2.59. The van der Waals surface area contributed by atoms with Crippen molar-refractivity contribution < 1.29 is 19.5 Å². The molecule has 0 saturated carbocycles. The SMILES string of the molecule is CC(C)n1ccc(CC(=O)N2CC(=O)N(C)CC2C(=O)O)n1. The lowest BCUT2D eigenvalue weighted by atomic mass is 10.1. The van der Waals surface area contributed by atoms with Gasteiger partial charge in [-0.2, -0.15) is 5.10 Å². The first-order valence-corrected chi connectivity index (χ1v) is 7.10. The van der Waals surface area contributed by atoms with Gasteiger partial charge in [0.15, 0.2) is 0 Å². The molecule has 1 fully saturated rings. The summed E-state index contributed by atoms with van der Waals surface area (Å²) in [5, 5.41) is 13.5. The molecular weight excluding hydrogens is 288 g/mol. The van der Waals surface area contributed by atoms with Crippen LogP contribution in [0.15, 0.2) is 12.3 Å². The van der Waals surface area contributed by atoms with Gasteiger partial charge in [0.1, 0.15) is 12.6 Å². The molecule has 8 heteroatoms. The fraction of sp³-hybridized carbons (Fsp3) is 0.571. The van der Waals surface area contributed by atoms with Gasteiger partial charge in [-0.25, -0.2) is 4.79 Å². The van der Waals surface area contributed by atoms with E-state index in [1.165, 1.54) is 11.9 Å². The summed E-state index contributed by atoms with van der Waals surface area (Å²) < 4.78 is 1.73. The van der Waals surface area contributed by atoms with Gasteiger partial charge < -0.3 is 14.9 Å². The number of amides is 2. The zero-order valence-corrected chi connectivity index (χ0v) is 12.9. The molecule has 1 aromatic rings. The number of nitrogens with zero attached hydrogens (tertiary/aromatic N) is 4. The molecule has 1 N–H and O–H groups in total. The third-order valence-corrected chi connectivity index (χ3v) is 3.68. The first-order chi connectivity index (χ1) is 10.3. The largest absolute Gasteiger partial charge is 0.480 e. The van der Waals surface area contributed by atoms with E-state index >= 15 is 0 Å². The highest BCUT2D eigenvalue weighted by molar-refractivity contribution is 5.91. The van der Waals surface area contributed by atoms with Crippen molar-refractivity contribution in [1.82, 2.24) is 19.6 Å². The van der Waals surface area contributed by atoms with E-state index in [4.69, 9.17) is 0 Å². The molecule has 120 valence electrons. The van der Waals surface area contributed by atoms with Gasteiger partial charge in [-0.05, 0) is 19.9 Å². The molecule has 0 aliphatic carbocycles. The van der Waals surface area contributed by atoms with Crippen LogP contribution in [-0.2, 0) is 20.8 Å². The highest BCUT2D eigenvalue weighted by Gasteiger charge is 2.37. The number of carbonyl (C=O) groups is 3. The van der Waals surface area contributed by atoms with Crippen LogP contribution in [0.1, 0.15) is 25.6 Å². The molecule has 0 radical (unpaired) electrons. The van der Waals surface area contributed by atoms with E-state index in [1.54, 1.807) is 16.9 Å². The number of aromatic nitrogens is 2. The van der Waals surface area contributed by atoms with Gasteiger partial charge in [0.2, 0.25) is 11.8 Å². The Labute approximate surface area is 128 Å². The second-order valence-corrected chi connectivity index (χ2v) is 5.71. The summed E-state index contributed by atoms with van der Waals surface area (Å²) in [6.07, 6.45) is 1.76. The van der Waals surface area contributed by atoms with Gasteiger partial charge >= 0.3 is 5.97 Å². The van der Waals surface area contributed by atoms with Crippen molar-refractivity contribution in [2.45, 2.75) is 32.4 Å². The van der Waals surface area contributed by atoms with Crippen LogP contribution in [0, 0.1) is 0 Å². The second kappa shape index (κ2) is 6.17. The van der Waals surface area contributed by atoms with Crippen molar-refractivity contribution in [1.29, 1.82) is 0 Å². The Bertz CT molecular complexity index is 595. The third kappa shape index (κ3) is 3.26. The molecule has 1 aliphatic rings. The Kier molecular flexibility index (Phi) is 4.48. The molecule has 2 heterocycles. The number of likely N-dealkylation sites (N-methyl/N-ethyl adjacent to an activating group) is 1. The summed E-state index contributed by atoms with van der Waals surface area (Å²) in [5.41, 5.74) is 0.564. The minimum atomic E-state index is -1.11. The van der Waals surface area contributed by atoms with Crippen molar-refractivity contribution in [3.63, 3.8) is 0 Å². The molecule has 1 aliphatic heterocycles. The normalized spacial score (nSPS) is 18.9. The van der Waals surface area contributed by atoms with E-state index < -0.39 is 17.9 Å². The Balaban J connectivity index is 2.11. The van der Waals surface area contributed by atoms with Crippen LogP contribution < -0.4 is 0 Å². The standard InChI is InChI=1S/C14H20N4O4/c1-9(2)18-5-4-10(15-18)6-12(19)17-8-13(20)16(3)7-11(17)14(21)22/h4-5,9,11H,6-8H2,1-3H3,(H,21,22). The van der Waals surface area contributed by atoms with Crippen LogP contribution in [0.4, 0.5) is 0 Å². The lowest BCUT2D eigenvalue weighted by molar-refractivity contribution is -0.158. The predicted octanol–water partition coefficient (Wildman–Crippen LogP) is -0.240. The van der Waals surface area contributed by atoms with Crippen molar-refractivity contribution in [2.75, 3.05) is 20.1 Å². The van der Waals surface area contributed by atoms with Crippen molar-refractivity contribution in [3.8, 4) is 0 Å². The van der Waals surface area contributed by atoms with Gasteiger partial charge in [-0.1, -0.05) is 0 Å². The number of hydrogen-bond donors (Lipinski definition) is 1. The molecule has 1 unspecified atom stereocenters. The molecular formula is C14H20N4O4. The number of piperazine rings is 1. The molecule has 1 aromatic heterocycles. The summed E-state index contributed by atoms with van der Waals surface area (Å²) in [7, 11) is 1.53. The van der Waals surface area contributed by atoms with Gasteiger partial charge in [0, 0.05) is 19.3 Å². The minimum Gasteiger partial charge on any atom is -0.480 e. The monoisotopic (exact) mass is 308 g/mol. The summed E-state index contributed by atoms with van der Waals surface area (Å²) in [4.78, 5) is 37.9. The lowest BCUT2D eigenvalue weighted by Gasteiger charge is -2.37. The smallest absolute Gasteiger partial charge is 0.328 e. The van der Waals surface area contributed by atoms with Crippen molar-refractivity contribution in [3.05, 3.63) is 18.0 Å². The number of carboxylic acid groups (broad SMARTS) is 1. The molecule has 8 nitrogen and oxygen atoms in total. The van der Waals surface area contributed by atoms with Crippen LogP contribution in [0.5, 0.6) is 0 Å². The maximum Gasteiger partial charge on any atom is 0.328 e. The van der Waals surface area contributed by atoms with Crippen molar-refractivity contribution in [2.24, 2.45) is 0 Å². The summed E-state index contributed by atoms with van der Waals surface area (Å²) >= 11 is 0. The molecule has 2 amide bonds. The Morgan fingerprint density at radius 2 is 2.14 bits per heavy atom. The van der Waals surface area contributed by atoms with E-state index in [-0.39, 0.29) is 31.5 Å². The predicted molar refractivity (Wildman–Crippen MR) is 77.1 cm³/mol. The molecule has 22 heavy (non-hydrogen) atoms. The summed E-state index contributed by atoms with van der Waals surface area (Å²) in [5.74, 6) is -1.78. The molecule has 0 aromatic carbocycles. The average Bonchev–Trinajstić information content (AvgIpc) is 2.89. The first-order valence-electron chi connectivity index (χ1n) is 7.10. The van der Waals surface area contributed by atoms with Crippen LogP contribution in [-0.4, -0.2) is 68.6 Å². The minimum absolute atomic E-state index is 0.000339. The van der Waals surface area contributed by atoms with Crippen LogP contribution in [0.3, 0.4) is 0 Å². The first kappa shape index (κ1) is 16.0. The quantitative estimate of drug-likeness (QED) is 0.828. The van der Waals surface area contributed by atoms with Gasteiger partial charge in [0.05, 0.1) is 18.7 Å². The summed E-state index contributed by atoms with van der Waals surface area (Å²) in [6.45, 7) is 3.73. The van der Waals surface area contributed by atoms with Gasteiger partial charge in [-0.3, -0.25) is 14.3 Å². The Morgan fingerprint density at radius 1 is 1.45 bits per heavy atom. The summed E-state index contributed by atoms with van der Waals surface area (Å²) in [6, 6.07) is 0.897. The van der Waals surface area contributed by atoms with E-state index in [2.05, 4.69) is 5.10 Å². The number of aliphatic carboxylic acids is 1. The zero-order valence-electron chi connectivity index (χ0n) is 12.9. The van der Waals surface area contributed by atoms with Gasteiger partial charge in [0.25, 0.3) is 0 Å². The number of carboxylic acids is 1. The van der Waals surface area contributed by atoms with E-state index in [1.807, 2.05) is 13.8 Å². The number of carbonyl (C=O) groups excluding carboxylic acids is 2. The number of rotatable bonds is 4. The fourth-order valence-corrected chi connectivity index (χ4v) is 2.33. The molecule has 0 spiro atoms. The van der Waals surface area contributed by atoms with E-state index in [9.17, 15) is 19.5 Å². The number of hydrogen-bond acceptors (Lipinski definition) is 4. The maximum atomic E-state index is 12.4. The van der Waals surface area contributed by atoms with E-state index in [0.717, 1.165) is 4.90 Å². The zero-order chi connectivity index (χ0) is 16.4. The molecule has 1 atom stereocenters. The highest BCUT2D eigenvalue weighted by atomic mass is 16.4. The second-order valence-electron chi connectivity index (χ2n) is 5.71. The van der Waals surface area contributed by atoms with Crippen LogP contribution >= 0.6 is 0 Å². The molecule has 1 saturated heterocycles. The maximum absolute atomic E-state index is 12.4. The van der Waals surface area contributed by atoms with Gasteiger partial charge in [-0.15, -0.1) is 0 Å². The van der Waals surface area contributed by atoms with E-state index in [0.29, 0.717) is 5.69 Å². The highest BCUT2D eigenvalue weighted by Crippen LogP contribution is 2.13. The van der Waals surface area contributed by atoms with Crippen LogP contribution in [0.25, 0.3) is 0 Å². The molecule has 2 rings (SSSR count). The fourth-order valence-electron chi connectivity index (χ4n) is 2.33. The molecule has 0 bridgehead atoms. The van der Waals surface area contributed by atoms with Crippen molar-refractivity contribution >= 4 is 17.8 Å². The third-order valence-electron chi connectivity index (χ3n) is 3.68. The van der Waals surface area contributed by atoms with Crippen LogP contribution in [0.2, 0.25) is 0 Å². The Hall–Kier alpha value is -2.38. The average molecular weight is 308 g/mol. The topological polar surface area (TPSA) is 95.7 Å². The Morgan fingerprint density at radius 3 is 2.68 bits per heavy atom.